The van der Waals surface area contributed by atoms with Gasteiger partial charge in [0.25, 0.3) is 0 Å². The van der Waals surface area contributed by atoms with E-state index in [1.54, 1.807) is 11.8 Å². The Kier molecular flexibility index (Phi) is 4.61. The van der Waals surface area contributed by atoms with Gasteiger partial charge < -0.3 is 10.2 Å². The zero-order chi connectivity index (χ0) is 16.4. The number of nitriles is 1. The van der Waals surface area contributed by atoms with E-state index in [0.29, 0.717) is 5.92 Å². The van der Waals surface area contributed by atoms with Crippen LogP contribution in [0.2, 0.25) is 0 Å². The minimum absolute atomic E-state index is 0.294. The zero-order valence-electron chi connectivity index (χ0n) is 13.8. The van der Waals surface area contributed by atoms with Crippen molar-refractivity contribution in [2.75, 3.05) is 25.5 Å². The van der Waals surface area contributed by atoms with Crippen LogP contribution in [0.3, 0.4) is 0 Å². The van der Waals surface area contributed by atoms with Crippen molar-refractivity contribution in [3.8, 4) is 6.07 Å². The van der Waals surface area contributed by atoms with Crippen LogP contribution < -0.4 is 5.32 Å². The van der Waals surface area contributed by atoms with Gasteiger partial charge in [-0.3, -0.25) is 0 Å². The van der Waals surface area contributed by atoms with Crippen LogP contribution >= 0.6 is 11.8 Å². The molecule has 2 aromatic rings. The molecule has 0 radical (unpaired) electrons. The maximum atomic E-state index is 9.56. The van der Waals surface area contributed by atoms with Gasteiger partial charge in [-0.25, -0.2) is 0 Å². The van der Waals surface area contributed by atoms with Crippen molar-refractivity contribution in [2.24, 2.45) is 0 Å². The molecule has 1 aliphatic rings. The van der Waals surface area contributed by atoms with Gasteiger partial charge in [-0.1, -0.05) is 37.7 Å². The molecule has 0 saturated carbocycles. The number of hydrogen-bond acceptors (Lipinski definition) is 4. The highest BCUT2D eigenvalue weighted by molar-refractivity contribution is 7.99. The van der Waals surface area contributed by atoms with Crippen LogP contribution in [0.5, 0.6) is 0 Å². The monoisotopic (exact) mass is 323 g/mol. The van der Waals surface area contributed by atoms with Crippen LogP contribution in [0.4, 0.5) is 11.4 Å². The summed E-state index contributed by atoms with van der Waals surface area (Å²) in [5.41, 5.74) is 4.13. The van der Waals surface area contributed by atoms with Crippen molar-refractivity contribution in [1.82, 2.24) is 4.90 Å². The summed E-state index contributed by atoms with van der Waals surface area (Å²) in [6, 6.07) is 14.7. The molecular formula is C19H21N3S. The fourth-order valence-electron chi connectivity index (χ4n) is 3.02. The molecule has 1 aliphatic heterocycles. The number of nitrogens with zero attached hydrogens (tertiary/aromatic N) is 2. The Labute approximate surface area is 142 Å². The van der Waals surface area contributed by atoms with Crippen molar-refractivity contribution in [3.05, 3.63) is 47.5 Å². The Hall–Kier alpha value is -1.96. The minimum atomic E-state index is 0.294. The second-order valence-electron chi connectivity index (χ2n) is 5.99. The maximum absolute atomic E-state index is 9.56. The standard InChI is InChI=1S/C19H21N3S/c1-4-22(3)12-13(2)18-14(11-20)9-10-17-19(18)21-15-7-5-6-8-16(15)23-17/h5-10,13,21H,4,12H2,1-3H3. The molecule has 0 bridgehead atoms. The van der Waals surface area contributed by atoms with Gasteiger partial charge in [0.1, 0.15) is 0 Å². The molecule has 1 unspecified atom stereocenters. The van der Waals surface area contributed by atoms with Crippen LogP contribution in [0, 0.1) is 11.3 Å². The molecule has 3 nitrogen and oxygen atoms in total. The Balaban J connectivity index is 2.05. The molecule has 23 heavy (non-hydrogen) atoms. The number of nitrogens with one attached hydrogen (secondary N) is 1. The smallest absolute Gasteiger partial charge is 0.0995 e. The third-order valence-electron chi connectivity index (χ3n) is 4.31. The molecule has 2 aromatic carbocycles. The third-order valence-corrected chi connectivity index (χ3v) is 5.45. The molecule has 4 heteroatoms. The van der Waals surface area contributed by atoms with E-state index in [4.69, 9.17) is 0 Å². The predicted octanol–water partition coefficient (Wildman–Crippen LogP) is 4.82. The molecule has 0 saturated heterocycles. The highest BCUT2D eigenvalue weighted by Gasteiger charge is 2.24. The number of fused-ring (bicyclic) bond motifs is 2. The van der Waals surface area contributed by atoms with Crippen LogP contribution in [-0.4, -0.2) is 25.0 Å². The summed E-state index contributed by atoms with van der Waals surface area (Å²) in [5.74, 6) is 0.294. The summed E-state index contributed by atoms with van der Waals surface area (Å²) in [5, 5.41) is 13.1. The molecule has 1 atom stereocenters. The van der Waals surface area contributed by atoms with Gasteiger partial charge in [0, 0.05) is 16.3 Å². The Bertz CT molecular complexity index is 764. The minimum Gasteiger partial charge on any atom is -0.353 e. The van der Waals surface area contributed by atoms with E-state index in [-0.39, 0.29) is 0 Å². The molecule has 118 valence electrons. The van der Waals surface area contributed by atoms with E-state index < -0.39 is 0 Å². The molecule has 0 aliphatic carbocycles. The van der Waals surface area contributed by atoms with Gasteiger partial charge in [0.15, 0.2) is 0 Å². The molecular weight excluding hydrogens is 302 g/mol. The Morgan fingerprint density at radius 1 is 1.22 bits per heavy atom. The molecule has 1 N–H and O–H groups in total. The van der Waals surface area contributed by atoms with Crippen LogP contribution in [0.1, 0.15) is 30.9 Å². The van der Waals surface area contributed by atoms with Crippen molar-refractivity contribution >= 4 is 23.1 Å². The van der Waals surface area contributed by atoms with Crippen molar-refractivity contribution in [1.29, 1.82) is 5.26 Å². The number of hydrogen-bond donors (Lipinski definition) is 1. The van der Waals surface area contributed by atoms with Crippen molar-refractivity contribution < 1.29 is 0 Å². The Morgan fingerprint density at radius 3 is 2.74 bits per heavy atom. The van der Waals surface area contributed by atoms with Gasteiger partial charge in [-0.2, -0.15) is 5.26 Å². The van der Waals surface area contributed by atoms with Crippen molar-refractivity contribution in [3.63, 3.8) is 0 Å². The van der Waals surface area contributed by atoms with Gasteiger partial charge in [-0.15, -0.1) is 0 Å². The van der Waals surface area contributed by atoms with Gasteiger partial charge in [-0.05, 0) is 49.3 Å². The number of rotatable bonds is 4. The van der Waals surface area contributed by atoms with E-state index in [9.17, 15) is 5.26 Å². The molecule has 0 spiro atoms. The number of likely N-dealkylation sites (N-methyl/N-ethyl adjacent to an activating group) is 1. The van der Waals surface area contributed by atoms with Gasteiger partial charge in [0.2, 0.25) is 0 Å². The molecule has 0 fully saturated rings. The first-order chi connectivity index (χ1) is 11.1. The molecule has 0 aromatic heterocycles. The van der Waals surface area contributed by atoms with E-state index in [1.165, 1.54) is 9.79 Å². The first-order valence-corrected chi connectivity index (χ1v) is 8.75. The fraction of sp³-hybridized carbons (Fsp3) is 0.316. The highest BCUT2D eigenvalue weighted by atomic mass is 32.2. The van der Waals surface area contributed by atoms with E-state index in [0.717, 1.165) is 35.6 Å². The first kappa shape index (κ1) is 15.9. The highest BCUT2D eigenvalue weighted by Crippen LogP contribution is 2.47. The molecule has 0 amide bonds. The quantitative estimate of drug-likeness (QED) is 0.747. The summed E-state index contributed by atoms with van der Waals surface area (Å²) < 4.78 is 0. The van der Waals surface area contributed by atoms with E-state index in [1.807, 2.05) is 12.1 Å². The second-order valence-corrected chi connectivity index (χ2v) is 7.07. The number of anilines is 2. The van der Waals surface area contributed by atoms with Gasteiger partial charge >= 0.3 is 0 Å². The number of benzene rings is 2. The van der Waals surface area contributed by atoms with Crippen LogP contribution in [0.15, 0.2) is 46.2 Å². The topological polar surface area (TPSA) is 39.1 Å². The second kappa shape index (κ2) is 6.66. The lowest BCUT2D eigenvalue weighted by Gasteiger charge is -2.28. The van der Waals surface area contributed by atoms with Crippen LogP contribution in [0.25, 0.3) is 0 Å². The largest absolute Gasteiger partial charge is 0.353 e. The lowest BCUT2D eigenvalue weighted by molar-refractivity contribution is 0.333. The average Bonchev–Trinajstić information content (AvgIpc) is 2.58. The van der Waals surface area contributed by atoms with E-state index in [2.05, 4.69) is 61.4 Å². The first-order valence-electron chi connectivity index (χ1n) is 7.93. The SMILES string of the molecule is CCN(C)CC(C)c1c(C#N)ccc2c1Nc1ccccc1S2. The summed E-state index contributed by atoms with van der Waals surface area (Å²) in [4.78, 5) is 4.72. The van der Waals surface area contributed by atoms with Crippen LogP contribution in [-0.2, 0) is 0 Å². The van der Waals surface area contributed by atoms with Gasteiger partial charge in [0.05, 0.1) is 23.0 Å². The third kappa shape index (κ3) is 3.08. The molecule has 3 rings (SSSR count). The molecule has 1 heterocycles. The Morgan fingerprint density at radius 2 is 2.00 bits per heavy atom. The normalized spacial score (nSPS) is 13.7. The fourth-order valence-corrected chi connectivity index (χ4v) is 4.03. The number of para-hydroxylation sites is 1. The van der Waals surface area contributed by atoms with E-state index >= 15 is 0 Å². The van der Waals surface area contributed by atoms with Crippen molar-refractivity contribution in [2.45, 2.75) is 29.6 Å². The predicted molar refractivity (Wildman–Crippen MR) is 96.6 cm³/mol. The average molecular weight is 323 g/mol. The zero-order valence-corrected chi connectivity index (χ0v) is 14.6. The lowest BCUT2D eigenvalue weighted by Crippen LogP contribution is -2.24. The summed E-state index contributed by atoms with van der Waals surface area (Å²) >= 11 is 1.77. The summed E-state index contributed by atoms with van der Waals surface area (Å²) in [6.07, 6.45) is 0. The maximum Gasteiger partial charge on any atom is 0.0995 e. The summed E-state index contributed by atoms with van der Waals surface area (Å²) in [6.45, 7) is 6.31. The lowest BCUT2D eigenvalue weighted by atomic mass is 9.93. The summed E-state index contributed by atoms with van der Waals surface area (Å²) in [7, 11) is 2.12.